The molecule has 2 aliphatic rings. The van der Waals surface area contributed by atoms with E-state index in [9.17, 15) is 9.59 Å². The first-order valence-electron chi connectivity index (χ1n) is 10.9. The number of halogens is 2. The molecule has 5 nitrogen and oxygen atoms in total. The lowest BCUT2D eigenvalue weighted by Gasteiger charge is -2.29. The Labute approximate surface area is 206 Å². The molecule has 2 amide bonds. The molecule has 0 N–H and O–H groups in total. The molecule has 2 heterocycles. The molecule has 168 valence electrons. The number of carbonyl (C=O) groups excluding carboxylic acids is 2. The van der Waals surface area contributed by atoms with Crippen molar-refractivity contribution < 1.29 is 14.4 Å². The van der Waals surface area contributed by atoms with Gasteiger partial charge in [-0.3, -0.25) is 14.4 Å². The van der Waals surface area contributed by atoms with Crippen LogP contribution in [0.3, 0.4) is 0 Å². The maximum Gasteiger partial charge on any atom is 0.266 e. The number of hydrogen-bond acceptors (Lipinski definition) is 4. The second-order valence-electron chi connectivity index (χ2n) is 8.37. The van der Waals surface area contributed by atoms with Crippen molar-refractivity contribution in [3.05, 3.63) is 107 Å². The van der Waals surface area contributed by atoms with Gasteiger partial charge in [-0.1, -0.05) is 83.9 Å². The van der Waals surface area contributed by atoms with Crippen LogP contribution in [-0.2, 0) is 14.4 Å². The molecule has 0 radical (unpaired) electrons. The molecule has 0 unspecified atom stereocenters. The predicted octanol–water partition coefficient (Wildman–Crippen LogP) is 6.20. The molecule has 0 saturated carbocycles. The first kappa shape index (κ1) is 21.2. The zero-order valence-electron chi connectivity index (χ0n) is 17.8. The van der Waals surface area contributed by atoms with E-state index < -0.39 is 24.0 Å². The fourth-order valence-electron chi connectivity index (χ4n) is 4.96. The highest BCUT2D eigenvalue weighted by Crippen LogP contribution is 2.49. The van der Waals surface area contributed by atoms with E-state index in [2.05, 4.69) is 0 Å². The summed E-state index contributed by atoms with van der Waals surface area (Å²) in [5.41, 5.74) is 2.03. The van der Waals surface area contributed by atoms with Crippen molar-refractivity contribution in [2.24, 2.45) is 5.92 Å². The van der Waals surface area contributed by atoms with E-state index in [0.717, 1.165) is 26.9 Å². The number of fused-ring (bicyclic) bond motifs is 2. The molecule has 2 fully saturated rings. The van der Waals surface area contributed by atoms with Crippen LogP contribution in [0.1, 0.15) is 11.6 Å². The molecule has 6 rings (SSSR count). The Kier molecular flexibility index (Phi) is 5.06. The maximum absolute atomic E-state index is 13.8. The summed E-state index contributed by atoms with van der Waals surface area (Å²) in [5.74, 6) is -1.52. The molecular weight excluding hydrogens is 471 g/mol. The van der Waals surface area contributed by atoms with Gasteiger partial charge in [0.15, 0.2) is 6.10 Å². The van der Waals surface area contributed by atoms with E-state index in [1.807, 2.05) is 72.8 Å². The third-order valence-corrected chi connectivity index (χ3v) is 6.81. The van der Waals surface area contributed by atoms with Crippen molar-refractivity contribution in [3.63, 3.8) is 0 Å². The SMILES string of the molecule is O=C1[C@H]2[C@@H](ON(c3ccccc3)[C@H]2c2cccc3ccccc23)C(=O)N1c1cc(Cl)cc(Cl)c1. The van der Waals surface area contributed by atoms with Crippen LogP contribution in [0.5, 0.6) is 0 Å². The molecule has 7 heteroatoms. The number of para-hydroxylation sites is 1. The molecule has 0 spiro atoms. The number of hydrogen-bond donors (Lipinski definition) is 0. The van der Waals surface area contributed by atoms with Crippen molar-refractivity contribution >= 4 is 57.2 Å². The number of imide groups is 1. The summed E-state index contributed by atoms with van der Waals surface area (Å²) in [6.07, 6.45) is -0.963. The standard InChI is InChI=1S/C27H18Cl2N2O3/c28-17-13-18(29)15-20(14-17)30-26(32)23-24(22-12-6-8-16-7-4-5-11-21(16)22)31(34-25(23)27(30)33)19-9-2-1-3-10-19/h1-15,23-25H/t23-,24+,25-/m1/s1. The van der Waals surface area contributed by atoms with Gasteiger partial charge in [-0.05, 0) is 46.7 Å². The molecule has 3 atom stereocenters. The Balaban J connectivity index is 1.51. The number of rotatable bonds is 3. The van der Waals surface area contributed by atoms with Gasteiger partial charge in [0.25, 0.3) is 5.91 Å². The highest BCUT2D eigenvalue weighted by Gasteiger charge is 2.60. The Morgan fingerprint density at radius 3 is 2.15 bits per heavy atom. The van der Waals surface area contributed by atoms with Crippen LogP contribution in [0.25, 0.3) is 10.8 Å². The normalized spacial score (nSPS) is 22.0. The van der Waals surface area contributed by atoms with Gasteiger partial charge in [-0.2, -0.15) is 0 Å². The average Bonchev–Trinajstić information content (AvgIpc) is 3.34. The summed E-state index contributed by atoms with van der Waals surface area (Å²) in [6.45, 7) is 0. The largest absolute Gasteiger partial charge is 0.273 e. The van der Waals surface area contributed by atoms with Crippen LogP contribution in [0.2, 0.25) is 10.0 Å². The summed E-state index contributed by atoms with van der Waals surface area (Å²) < 4.78 is 0. The zero-order valence-corrected chi connectivity index (χ0v) is 19.3. The summed E-state index contributed by atoms with van der Waals surface area (Å²) in [4.78, 5) is 34.7. The highest BCUT2D eigenvalue weighted by atomic mass is 35.5. The molecule has 0 aliphatic carbocycles. The van der Waals surface area contributed by atoms with Crippen molar-refractivity contribution in [2.75, 3.05) is 9.96 Å². The average molecular weight is 489 g/mol. The first-order valence-corrected chi connectivity index (χ1v) is 11.6. The van der Waals surface area contributed by atoms with Gasteiger partial charge in [0.1, 0.15) is 5.92 Å². The second-order valence-corrected chi connectivity index (χ2v) is 9.24. The van der Waals surface area contributed by atoms with Gasteiger partial charge >= 0.3 is 0 Å². The molecular formula is C27H18Cl2N2O3. The molecule has 2 saturated heterocycles. The van der Waals surface area contributed by atoms with Gasteiger partial charge in [-0.15, -0.1) is 0 Å². The van der Waals surface area contributed by atoms with Crippen molar-refractivity contribution in [1.82, 2.24) is 0 Å². The summed E-state index contributed by atoms with van der Waals surface area (Å²) in [7, 11) is 0. The van der Waals surface area contributed by atoms with Crippen LogP contribution < -0.4 is 9.96 Å². The summed E-state index contributed by atoms with van der Waals surface area (Å²) in [5, 5.41) is 4.45. The van der Waals surface area contributed by atoms with Gasteiger partial charge in [0, 0.05) is 10.0 Å². The highest BCUT2D eigenvalue weighted by molar-refractivity contribution is 6.35. The van der Waals surface area contributed by atoms with Crippen LogP contribution in [0, 0.1) is 5.92 Å². The number of benzene rings is 4. The Hall–Kier alpha value is -3.38. The summed E-state index contributed by atoms with van der Waals surface area (Å²) >= 11 is 12.3. The second kappa shape index (κ2) is 8.13. The minimum absolute atomic E-state index is 0.341. The number of anilines is 2. The number of amides is 2. The van der Waals surface area contributed by atoms with Crippen LogP contribution in [0.4, 0.5) is 11.4 Å². The van der Waals surface area contributed by atoms with E-state index >= 15 is 0 Å². The quantitative estimate of drug-likeness (QED) is 0.322. The van der Waals surface area contributed by atoms with Gasteiger partial charge < -0.3 is 0 Å². The van der Waals surface area contributed by atoms with Gasteiger partial charge in [0.2, 0.25) is 5.91 Å². The van der Waals surface area contributed by atoms with Gasteiger partial charge in [-0.25, -0.2) is 9.96 Å². The molecule has 4 aromatic carbocycles. The zero-order chi connectivity index (χ0) is 23.4. The lowest BCUT2D eigenvalue weighted by molar-refractivity contribution is -0.126. The lowest BCUT2D eigenvalue weighted by atomic mass is 9.87. The van der Waals surface area contributed by atoms with E-state index in [0.29, 0.717) is 15.7 Å². The monoisotopic (exact) mass is 488 g/mol. The fraction of sp³-hybridized carbons (Fsp3) is 0.111. The number of nitrogens with zero attached hydrogens (tertiary/aromatic N) is 2. The molecule has 34 heavy (non-hydrogen) atoms. The van der Waals surface area contributed by atoms with Crippen molar-refractivity contribution in [3.8, 4) is 0 Å². The summed E-state index contributed by atoms with van der Waals surface area (Å²) in [6, 6.07) is 27.7. The third kappa shape index (κ3) is 3.28. The number of carbonyl (C=O) groups is 2. The van der Waals surface area contributed by atoms with E-state index in [-0.39, 0.29) is 5.91 Å². The topological polar surface area (TPSA) is 49.9 Å². The van der Waals surface area contributed by atoms with Crippen molar-refractivity contribution in [2.45, 2.75) is 12.1 Å². The molecule has 2 aliphatic heterocycles. The van der Waals surface area contributed by atoms with E-state index in [4.69, 9.17) is 28.0 Å². The fourth-order valence-corrected chi connectivity index (χ4v) is 5.47. The van der Waals surface area contributed by atoms with Crippen LogP contribution in [0.15, 0.2) is 91.0 Å². The number of hydroxylamine groups is 1. The maximum atomic E-state index is 13.8. The third-order valence-electron chi connectivity index (χ3n) is 6.37. The first-order chi connectivity index (χ1) is 16.5. The lowest BCUT2D eigenvalue weighted by Crippen LogP contribution is -2.37. The van der Waals surface area contributed by atoms with E-state index in [1.165, 1.54) is 0 Å². The van der Waals surface area contributed by atoms with Crippen LogP contribution in [-0.4, -0.2) is 17.9 Å². The van der Waals surface area contributed by atoms with Gasteiger partial charge in [0.05, 0.1) is 17.4 Å². The Morgan fingerprint density at radius 1 is 0.706 bits per heavy atom. The Bertz CT molecular complexity index is 1420. The molecule has 0 aromatic heterocycles. The predicted molar refractivity (Wildman–Crippen MR) is 133 cm³/mol. The van der Waals surface area contributed by atoms with E-state index in [1.54, 1.807) is 23.3 Å². The molecule has 4 aromatic rings. The Morgan fingerprint density at radius 2 is 1.38 bits per heavy atom. The minimum atomic E-state index is -0.963. The van der Waals surface area contributed by atoms with Crippen LogP contribution >= 0.6 is 23.2 Å². The smallest absolute Gasteiger partial charge is 0.266 e. The van der Waals surface area contributed by atoms with Crippen molar-refractivity contribution in [1.29, 1.82) is 0 Å². The molecule has 0 bridgehead atoms. The minimum Gasteiger partial charge on any atom is -0.273 e.